The maximum absolute atomic E-state index is 4.73. The molecule has 5 nitrogen and oxygen atoms in total. The normalized spacial score (nSPS) is 11.1. The second-order valence-corrected chi connectivity index (χ2v) is 6.27. The van der Waals surface area contributed by atoms with Crippen molar-refractivity contribution in [1.82, 2.24) is 19.7 Å². The van der Waals surface area contributed by atoms with E-state index in [1.807, 2.05) is 13.2 Å². The Kier molecular flexibility index (Phi) is 4.95. The van der Waals surface area contributed by atoms with Crippen LogP contribution >= 0.6 is 22.6 Å². The Labute approximate surface area is 133 Å². The summed E-state index contributed by atoms with van der Waals surface area (Å²) in [6, 6.07) is 0. The van der Waals surface area contributed by atoms with Crippen LogP contribution in [0.15, 0.2) is 12.4 Å². The number of nitrogens with one attached hydrogen (secondary N) is 1. The summed E-state index contributed by atoms with van der Waals surface area (Å²) < 4.78 is 2.89. The Morgan fingerprint density at radius 2 is 2.10 bits per heavy atom. The highest BCUT2D eigenvalue weighted by Crippen LogP contribution is 2.25. The van der Waals surface area contributed by atoms with Gasteiger partial charge in [0.2, 0.25) is 0 Å². The Morgan fingerprint density at radius 3 is 2.65 bits per heavy atom. The van der Waals surface area contributed by atoms with Gasteiger partial charge in [0, 0.05) is 19.8 Å². The molecule has 1 N–H and O–H groups in total. The van der Waals surface area contributed by atoms with E-state index in [2.05, 4.69) is 58.8 Å². The minimum Gasteiger partial charge on any atom is -0.369 e. The summed E-state index contributed by atoms with van der Waals surface area (Å²) >= 11 is 2.33. The molecule has 0 spiro atoms. The number of hydrogen-bond donors (Lipinski definition) is 1. The fraction of sp³-hybridized carbons (Fsp3) is 0.500. The second kappa shape index (κ2) is 6.51. The van der Waals surface area contributed by atoms with Crippen molar-refractivity contribution in [1.29, 1.82) is 0 Å². The predicted molar refractivity (Wildman–Crippen MR) is 89.7 cm³/mol. The molecule has 6 heteroatoms. The summed E-state index contributed by atoms with van der Waals surface area (Å²) in [7, 11) is 1.90. The topological polar surface area (TPSA) is 55.6 Å². The maximum Gasteiger partial charge on any atom is 0.165 e. The molecule has 0 amide bonds. The summed E-state index contributed by atoms with van der Waals surface area (Å²) in [6.07, 6.45) is 4.70. The van der Waals surface area contributed by atoms with Crippen LogP contribution in [0, 0.1) is 9.49 Å². The molecular formula is C14H20IN5. The van der Waals surface area contributed by atoms with Gasteiger partial charge in [0.1, 0.15) is 5.82 Å². The number of aryl methyl sites for hydroxylation is 1. The van der Waals surface area contributed by atoms with Gasteiger partial charge < -0.3 is 5.32 Å². The largest absolute Gasteiger partial charge is 0.369 e. The van der Waals surface area contributed by atoms with Gasteiger partial charge in [-0.05, 0) is 41.9 Å². The first-order chi connectivity index (χ1) is 9.51. The van der Waals surface area contributed by atoms with Crippen LogP contribution in [-0.4, -0.2) is 26.3 Å². The predicted octanol–water partition coefficient (Wildman–Crippen LogP) is 3.11. The molecule has 0 unspecified atom stereocenters. The molecule has 0 radical (unpaired) electrons. The van der Waals surface area contributed by atoms with Gasteiger partial charge in [-0.15, -0.1) is 0 Å². The summed E-state index contributed by atoms with van der Waals surface area (Å²) in [5, 5.41) is 7.52. The van der Waals surface area contributed by atoms with Crippen LogP contribution in [0.25, 0.3) is 11.4 Å². The molecule has 0 aromatic carbocycles. The minimum absolute atomic E-state index is 0.564. The third kappa shape index (κ3) is 3.47. The number of anilines is 1. The van der Waals surface area contributed by atoms with Gasteiger partial charge in [-0.3, -0.25) is 4.68 Å². The van der Waals surface area contributed by atoms with Crippen molar-refractivity contribution in [3.05, 3.63) is 21.7 Å². The molecule has 0 aliphatic heterocycles. The molecule has 20 heavy (non-hydrogen) atoms. The molecule has 2 aromatic heterocycles. The Bertz CT molecular complexity index is 591. The third-order valence-corrected chi connectivity index (χ3v) is 3.96. The van der Waals surface area contributed by atoms with Crippen LogP contribution in [0.1, 0.15) is 26.5 Å². The lowest BCUT2D eigenvalue weighted by Gasteiger charge is -2.13. The molecule has 0 bridgehead atoms. The van der Waals surface area contributed by atoms with E-state index < -0.39 is 0 Å². The van der Waals surface area contributed by atoms with Crippen LogP contribution in [0.3, 0.4) is 0 Å². The number of hydrogen-bond acceptors (Lipinski definition) is 4. The molecule has 0 aliphatic carbocycles. The Morgan fingerprint density at radius 1 is 1.35 bits per heavy atom. The van der Waals surface area contributed by atoms with Crippen molar-refractivity contribution in [3.63, 3.8) is 0 Å². The number of rotatable bonds is 5. The number of nitrogens with zero attached hydrogens (tertiary/aromatic N) is 4. The average molecular weight is 385 g/mol. The standard InChI is InChI=1S/C14H20IN5/c1-5-16-14-12(15)11(6-9(2)3)18-13(19-14)10-7-17-20(4)8-10/h7-9H,5-6H2,1-4H3,(H,16,18,19). The van der Waals surface area contributed by atoms with Crippen molar-refractivity contribution in [2.45, 2.75) is 27.2 Å². The SMILES string of the molecule is CCNc1nc(-c2cnn(C)c2)nc(CC(C)C)c1I. The number of halogens is 1. The summed E-state index contributed by atoms with van der Waals surface area (Å²) in [6.45, 7) is 7.33. The summed E-state index contributed by atoms with van der Waals surface area (Å²) in [5.74, 6) is 2.22. The van der Waals surface area contributed by atoms with Crippen molar-refractivity contribution >= 4 is 28.4 Å². The third-order valence-electron chi connectivity index (χ3n) is 2.83. The highest BCUT2D eigenvalue weighted by atomic mass is 127. The van der Waals surface area contributed by atoms with E-state index in [9.17, 15) is 0 Å². The van der Waals surface area contributed by atoms with E-state index in [1.165, 1.54) is 0 Å². The molecule has 0 fully saturated rings. The molecule has 2 heterocycles. The number of aromatic nitrogens is 4. The van der Waals surface area contributed by atoms with Crippen molar-refractivity contribution < 1.29 is 0 Å². The highest BCUT2D eigenvalue weighted by Gasteiger charge is 2.14. The molecule has 0 saturated carbocycles. The lowest BCUT2D eigenvalue weighted by Crippen LogP contribution is -2.09. The highest BCUT2D eigenvalue weighted by molar-refractivity contribution is 14.1. The fourth-order valence-electron chi connectivity index (χ4n) is 1.97. The van der Waals surface area contributed by atoms with E-state index >= 15 is 0 Å². The first-order valence-corrected chi connectivity index (χ1v) is 7.88. The van der Waals surface area contributed by atoms with Gasteiger partial charge in [0.25, 0.3) is 0 Å². The van der Waals surface area contributed by atoms with Gasteiger partial charge >= 0.3 is 0 Å². The summed E-state index contributed by atoms with van der Waals surface area (Å²) in [5.41, 5.74) is 2.05. The van der Waals surface area contributed by atoms with Gasteiger partial charge in [-0.25, -0.2) is 9.97 Å². The lowest BCUT2D eigenvalue weighted by molar-refractivity contribution is 0.632. The Hall–Kier alpha value is -1.18. The van der Waals surface area contributed by atoms with Crippen LogP contribution in [0.4, 0.5) is 5.82 Å². The van der Waals surface area contributed by atoms with E-state index in [4.69, 9.17) is 4.98 Å². The average Bonchev–Trinajstić information content (AvgIpc) is 2.80. The Balaban J connectivity index is 2.49. The van der Waals surface area contributed by atoms with Crippen molar-refractivity contribution in [2.75, 3.05) is 11.9 Å². The molecule has 0 aliphatic rings. The first-order valence-electron chi connectivity index (χ1n) is 6.80. The maximum atomic E-state index is 4.73. The van der Waals surface area contributed by atoms with Crippen LogP contribution in [0.2, 0.25) is 0 Å². The first kappa shape index (κ1) is 15.2. The van der Waals surface area contributed by atoms with E-state index in [-0.39, 0.29) is 0 Å². The van der Waals surface area contributed by atoms with Gasteiger partial charge in [0.05, 0.1) is 21.0 Å². The zero-order chi connectivity index (χ0) is 14.7. The van der Waals surface area contributed by atoms with E-state index in [0.717, 1.165) is 39.4 Å². The molecular weight excluding hydrogens is 365 g/mol. The molecule has 0 atom stereocenters. The zero-order valence-corrected chi connectivity index (χ0v) is 14.5. The lowest BCUT2D eigenvalue weighted by atomic mass is 10.1. The van der Waals surface area contributed by atoms with Crippen LogP contribution in [-0.2, 0) is 13.5 Å². The monoisotopic (exact) mass is 385 g/mol. The van der Waals surface area contributed by atoms with Crippen LogP contribution in [0.5, 0.6) is 0 Å². The van der Waals surface area contributed by atoms with E-state index in [1.54, 1.807) is 10.9 Å². The summed E-state index contributed by atoms with van der Waals surface area (Å²) in [4.78, 5) is 9.36. The van der Waals surface area contributed by atoms with Gasteiger partial charge in [0.15, 0.2) is 5.82 Å². The molecule has 108 valence electrons. The van der Waals surface area contributed by atoms with E-state index in [0.29, 0.717) is 5.92 Å². The van der Waals surface area contributed by atoms with Crippen LogP contribution < -0.4 is 5.32 Å². The molecule has 2 aromatic rings. The van der Waals surface area contributed by atoms with Crippen molar-refractivity contribution in [3.8, 4) is 11.4 Å². The van der Waals surface area contributed by atoms with Gasteiger partial charge in [-0.1, -0.05) is 13.8 Å². The van der Waals surface area contributed by atoms with Gasteiger partial charge in [-0.2, -0.15) is 5.10 Å². The zero-order valence-electron chi connectivity index (χ0n) is 12.3. The fourth-order valence-corrected chi connectivity index (χ4v) is 2.62. The minimum atomic E-state index is 0.564. The second-order valence-electron chi connectivity index (χ2n) is 5.19. The molecule has 0 saturated heterocycles. The smallest absolute Gasteiger partial charge is 0.165 e. The quantitative estimate of drug-likeness (QED) is 0.804. The van der Waals surface area contributed by atoms with Crippen molar-refractivity contribution in [2.24, 2.45) is 13.0 Å². The molecule has 2 rings (SSSR count).